The lowest BCUT2D eigenvalue weighted by atomic mass is 9.92. The van der Waals surface area contributed by atoms with Gasteiger partial charge in [-0.25, -0.2) is 9.97 Å². The van der Waals surface area contributed by atoms with Crippen LogP contribution in [0.2, 0.25) is 0 Å². The number of benzene rings is 1. The van der Waals surface area contributed by atoms with Gasteiger partial charge in [-0.1, -0.05) is 31.9 Å². The number of aliphatic imine (C=N–C) groups is 1. The van der Waals surface area contributed by atoms with E-state index in [1.807, 2.05) is 33.2 Å². The molecule has 1 aromatic heterocycles. The minimum atomic E-state index is -0.438. The molecule has 4 rings (SSSR count). The maximum atomic E-state index is 12.3. The molecule has 2 atom stereocenters. The van der Waals surface area contributed by atoms with E-state index in [0.29, 0.717) is 31.0 Å². The summed E-state index contributed by atoms with van der Waals surface area (Å²) in [6.07, 6.45) is 16.0. The van der Waals surface area contributed by atoms with E-state index >= 15 is 0 Å². The minimum Gasteiger partial charge on any atom is -0.459 e. The molecule has 240 valence electrons. The number of allylic oxidation sites excluding steroid dienone is 2. The summed E-state index contributed by atoms with van der Waals surface area (Å²) in [6, 6.07) is 8.95. The van der Waals surface area contributed by atoms with Gasteiger partial charge in [-0.05, 0) is 133 Å². The van der Waals surface area contributed by atoms with Gasteiger partial charge in [0.05, 0.1) is 12.2 Å². The Morgan fingerprint density at radius 3 is 2.61 bits per heavy atom. The predicted octanol–water partition coefficient (Wildman–Crippen LogP) is 6.98. The van der Waals surface area contributed by atoms with Crippen LogP contribution in [-0.4, -0.2) is 64.4 Å². The Morgan fingerprint density at radius 2 is 1.93 bits per heavy atom. The van der Waals surface area contributed by atoms with Gasteiger partial charge in [-0.2, -0.15) is 0 Å². The summed E-state index contributed by atoms with van der Waals surface area (Å²) in [6.45, 7) is 12.9. The number of nitrogens with zero attached hydrogens (tertiary/aromatic N) is 4. The number of anilines is 1. The molecule has 3 N–H and O–H groups in total. The van der Waals surface area contributed by atoms with Crippen molar-refractivity contribution in [2.24, 2.45) is 22.6 Å². The average Bonchev–Trinajstić information content (AvgIpc) is 3.80. The molecule has 0 spiro atoms. The molecule has 8 heteroatoms. The van der Waals surface area contributed by atoms with Crippen molar-refractivity contribution < 1.29 is 9.53 Å². The molecule has 1 aromatic carbocycles. The number of hydrogen-bond donors (Lipinski definition) is 2. The van der Waals surface area contributed by atoms with Gasteiger partial charge in [0.25, 0.3) is 0 Å². The number of nitrogens with one attached hydrogen (secondary N) is 1. The first-order chi connectivity index (χ1) is 21.1. The summed E-state index contributed by atoms with van der Waals surface area (Å²) in [5.41, 5.74) is 10.8. The van der Waals surface area contributed by atoms with E-state index in [1.54, 1.807) is 0 Å². The molecule has 1 aliphatic heterocycles. The van der Waals surface area contributed by atoms with Crippen LogP contribution in [-0.2, 0) is 16.0 Å². The predicted molar refractivity (Wildman–Crippen MR) is 181 cm³/mol. The third kappa shape index (κ3) is 11.8. The van der Waals surface area contributed by atoms with E-state index in [9.17, 15) is 4.79 Å². The first kappa shape index (κ1) is 33.8. The van der Waals surface area contributed by atoms with Gasteiger partial charge >= 0.3 is 5.97 Å². The fourth-order valence-electron chi connectivity index (χ4n) is 6.06. The van der Waals surface area contributed by atoms with Gasteiger partial charge in [0, 0.05) is 29.7 Å². The van der Waals surface area contributed by atoms with E-state index in [1.165, 1.54) is 30.4 Å². The molecule has 1 aliphatic carbocycles. The van der Waals surface area contributed by atoms with Gasteiger partial charge < -0.3 is 15.8 Å². The normalized spacial score (nSPS) is 19.4. The molecule has 2 aromatic rings. The topological polar surface area (TPSA) is 106 Å². The molecule has 1 saturated heterocycles. The zero-order chi connectivity index (χ0) is 31.5. The highest BCUT2D eigenvalue weighted by molar-refractivity contribution is 6.00. The Kier molecular flexibility index (Phi) is 12.5. The number of carbonyl (C=O) groups is 1. The fraction of sp³-hybridized carbons (Fsp3) is 0.611. The molecule has 0 amide bonds. The number of esters is 1. The lowest BCUT2D eigenvalue weighted by molar-refractivity contribution is -0.156. The Balaban J connectivity index is 1.33. The monoisotopic (exact) mass is 602 g/mol. The van der Waals surface area contributed by atoms with Crippen molar-refractivity contribution in [3.63, 3.8) is 0 Å². The van der Waals surface area contributed by atoms with Crippen molar-refractivity contribution in [2.45, 2.75) is 104 Å². The van der Waals surface area contributed by atoms with E-state index < -0.39 is 5.60 Å². The minimum absolute atomic E-state index is 0.130. The van der Waals surface area contributed by atoms with Gasteiger partial charge in [0.2, 0.25) is 5.95 Å². The van der Waals surface area contributed by atoms with Crippen LogP contribution in [0.15, 0.2) is 47.7 Å². The summed E-state index contributed by atoms with van der Waals surface area (Å²) >= 11 is 0. The highest BCUT2D eigenvalue weighted by atomic mass is 16.6. The molecular weight excluding hydrogens is 548 g/mol. The van der Waals surface area contributed by atoms with Gasteiger partial charge in [-0.3, -0.25) is 14.7 Å². The molecule has 2 aliphatic rings. The van der Waals surface area contributed by atoms with Crippen molar-refractivity contribution in [1.82, 2.24) is 14.9 Å². The smallest absolute Gasteiger partial charge is 0.320 e. The summed E-state index contributed by atoms with van der Waals surface area (Å²) in [4.78, 5) is 28.8. The molecule has 8 nitrogen and oxygen atoms in total. The highest BCUT2D eigenvalue weighted by Gasteiger charge is 2.26. The first-order valence-corrected chi connectivity index (χ1v) is 16.7. The third-order valence-electron chi connectivity index (χ3n) is 8.40. The quantitative estimate of drug-likeness (QED) is 0.178. The molecule has 1 saturated carbocycles. The number of rotatable bonds is 14. The second-order valence-corrected chi connectivity index (χ2v) is 13.7. The molecule has 44 heavy (non-hydrogen) atoms. The average molecular weight is 603 g/mol. The van der Waals surface area contributed by atoms with E-state index in [-0.39, 0.29) is 5.97 Å². The molecule has 0 radical (unpaired) electrons. The SMILES string of the molecule is CC/C(=C\C(C)=Nc1cccc(CC2CCCN(CC(=O)OC(C)(C)C)CC2)c1)c1cnc(NC(CCN)CC2CC2)nc1. The number of nitrogens with two attached hydrogens (primary N) is 1. The molecule has 2 heterocycles. The number of carbonyl (C=O) groups excluding carboxylic acids is 1. The van der Waals surface area contributed by atoms with Crippen LogP contribution in [0.1, 0.15) is 97.1 Å². The standard InChI is InChI=1S/C36H54N6O2/c1-6-30(31-23-38-35(39-24-31)41-33(14-16-37)21-28-12-13-28)19-26(2)40-32-11-7-9-29(22-32)20-27-10-8-17-42(18-15-27)25-34(43)44-36(3,4)5/h7,9,11,19,22-24,27-28,33H,6,8,10,12-18,20-21,25,37H2,1-5H3,(H,38,39,41)/b30-19+,40-26?. The number of likely N-dealkylation sites (tertiary alicyclic amines) is 1. The number of ether oxygens (including phenoxy) is 1. The van der Waals surface area contributed by atoms with Crippen molar-refractivity contribution in [2.75, 3.05) is 31.5 Å². The van der Waals surface area contributed by atoms with E-state index in [2.05, 4.69) is 64.4 Å². The van der Waals surface area contributed by atoms with Crippen LogP contribution in [0.3, 0.4) is 0 Å². The third-order valence-corrected chi connectivity index (χ3v) is 8.40. The van der Waals surface area contributed by atoms with Crippen LogP contribution in [0.5, 0.6) is 0 Å². The van der Waals surface area contributed by atoms with Crippen molar-refractivity contribution in [3.8, 4) is 0 Å². The second kappa shape index (κ2) is 16.3. The van der Waals surface area contributed by atoms with Crippen LogP contribution in [0, 0.1) is 11.8 Å². The molecule has 2 fully saturated rings. The first-order valence-electron chi connectivity index (χ1n) is 16.7. The van der Waals surface area contributed by atoms with Gasteiger partial charge in [-0.15, -0.1) is 0 Å². The molecule has 2 unspecified atom stereocenters. The lowest BCUT2D eigenvalue weighted by Crippen LogP contribution is -2.35. The van der Waals surface area contributed by atoms with E-state index in [4.69, 9.17) is 15.5 Å². The zero-order valence-electron chi connectivity index (χ0n) is 27.6. The maximum absolute atomic E-state index is 12.3. The summed E-state index contributed by atoms with van der Waals surface area (Å²) in [5.74, 6) is 1.97. The Hall–Kier alpha value is -3.10. The fourth-order valence-corrected chi connectivity index (χ4v) is 6.06. The Morgan fingerprint density at radius 1 is 1.16 bits per heavy atom. The Labute approximate surface area is 265 Å². The van der Waals surface area contributed by atoms with Crippen LogP contribution >= 0.6 is 0 Å². The summed E-state index contributed by atoms with van der Waals surface area (Å²) in [7, 11) is 0. The lowest BCUT2D eigenvalue weighted by Gasteiger charge is -2.24. The van der Waals surface area contributed by atoms with Crippen LogP contribution < -0.4 is 11.1 Å². The Bertz CT molecular complexity index is 1260. The second-order valence-electron chi connectivity index (χ2n) is 13.7. The molecule has 0 bridgehead atoms. The summed E-state index contributed by atoms with van der Waals surface area (Å²) < 4.78 is 5.53. The van der Waals surface area contributed by atoms with E-state index in [0.717, 1.165) is 74.5 Å². The van der Waals surface area contributed by atoms with Gasteiger partial charge in [0.15, 0.2) is 0 Å². The maximum Gasteiger partial charge on any atom is 0.320 e. The zero-order valence-corrected chi connectivity index (χ0v) is 27.6. The molecular formula is C36H54N6O2. The summed E-state index contributed by atoms with van der Waals surface area (Å²) in [5, 5.41) is 3.50. The number of hydrogen-bond acceptors (Lipinski definition) is 8. The van der Waals surface area contributed by atoms with Crippen LogP contribution in [0.4, 0.5) is 11.6 Å². The highest BCUT2D eigenvalue weighted by Crippen LogP contribution is 2.34. The van der Waals surface area contributed by atoms with Gasteiger partial charge in [0.1, 0.15) is 5.60 Å². The van der Waals surface area contributed by atoms with Crippen molar-refractivity contribution >= 4 is 28.9 Å². The largest absolute Gasteiger partial charge is 0.459 e. The van der Waals surface area contributed by atoms with Crippen LogP contribution in [0.25, 0.3) is 5.57 Å². The van der Waals surface area contributed by atoms with Crippen molar-refractivity contribution in [3.05, 3.63) is 53.9 Å². The van der Waals surface area contributed by atoms with Crippen molar-refractivity contribution in [1.29, 1.82) is 0 Å². The number of aromatic nitrogens is 2.